The largest absolute Gasteiger partial charge is 0.456 e. The summed E-state index contributed by atoms with van der Waals surface area (Å²) in [5, 5.41) is 17.4. The average molecular weight is 256 g/mol. The lowest BCUT2D eigenvalue weighted by Gasteiger charge is -2.07. The minimum atomic E-state index is -0.722. The fraction of sp³-hybridized carbons (Fsp3) is 0. The van der Waals surface area contributed by atoms with Gasteiger partial charge in [0.05, 0.1) is 11.1 Å². The van der Waals surface area contributed by atoms with E-state index in [2.05, 4.69) is 0 Å². The van der Waals surface area contributed by atoms with Gasteiger partial charge in [0.2, 0.25) is 0 Å². The van der Waals surface area contributed by atoms with E-state index in [1.807, 2.05) is 0 Å². The summed E-state index contributed by atoms with van der Waals surface area (Å²) in [6.07, 6.45) is 0. The normalized spacial score (nSPS) is 9.47. The van der Waals surface area contributed by atoms with E-state index >= 15 is 0 Å². The number of hydrogen-bond donors (Lipinski definition) is 0. The number of ether oxygens (including phenoxy) is 1. The Morgan fingerprint density at radius 1 is 0.895 bits per heavy atom. The first-order valence-corrected chi connectivity index (χ1v) is 5.21. The van der Waals surface area contributed by atoms with Gasteiger partial charge in [-0.25, -0.2) is 8.78 Å². The van der Waals surface area contributed by atoms with E-state index in [0.717, 1.165) is 18.2 Å². The lowest BCUT2D eigenvalue weighted by atomic mass is 10.2. The minimum absolute atomic E-state index is 0.00441. The molecule has 2 rings (SSSR count). The van der Waals surface area contributed by atoms with Crippen LogP contribution in [0.4, 0.5) is 8.78 Å². The SMILES string of the molecule is N#Cc1ccc(Oc2ccc(F)cc2C#N)cc1F. The van der Waals surface area contributed by atoms with E-state index in [0.29, 0.717) is 0 Å². The molecule has 0 N–H and O–H groups in total. The van der Waals surface area contributed by atoms with Gasteiger partial charge in [0.25, 0.3) is 0 Å². The molecular weight excluding hydrogens is 250 g/mol. The molecule has 0 saturated carbocycles. The number of benzene rings is 2. The fourth-order valence-electron chi connectivity index (χ4n) is 1.46. The van der Waals surface area contributed by atoms with Gasteiger partial charge in [-0.15, -0.1) is 0 Å². The van der Waals surface area contributed by atoms with Gasteiger partial charge in [-0.1, -0.05) is 0 Å². The number of hydrogen-bond acceptors (Lipinski definition) is 3. The fourth-order valence-corrected chi connectivity index (χ4v) is 1.46. The second-order valence-corrected chi connectivity index (χ2v) is 3.61. The van der Waals surface area contributed by atoms with Crippen molar-refractivity contribution in [1.82, 2.24) is 0 Å². The average Bonchev–Trinajstić information content (AvgIpc) is 2.41. The molecule has 5 heteroatoms. The molecule has 19 heavy (non-hydrogen) atoms. The second-order valence-electron chi connectivity index (χ2n) is 3.61. The summed E-state index contributed by atoms with van der Waals surface area (Å²) in [4.78, 5) is 0. The maximum Gasteiger partial charge on any atom is 0.145 e. The first kappa shape index (κ1) is 12.5. The quantitative estimate of drug-likeness (QED) is 0.826. The Morgan fingerprint density at radius 2 is 1.63 bits per heavy atom. The molecule has 2 aromatic rings. The molecule has 0 heterocycles. The molecule has 0 aliphatic carbocycles. The maximum absolute atomic E-state index is 13.4. The molecule has 0 aromatic heterocycles. The van der Waals surface area contributed by atoms with Gasteiger partial charge in [-0.3, -0.25) is 0 Å². The Hall–Kier alpha value is -2.92. The molecule has 0 saturated heterocycles. The molecule has 0 aliphatic heterocycles. The summed E-state index contributed by atoms with van der Waals surface area (Å²) < 4.78 is 31.6. The molecule has 0 fully saturated rings. The predicted molar refractivity (Wildman–Crippen MR) is 62.3 cm³/mol. The van der Waals surface area contributed by atoms with E-state index in [4.69, 9.17) is 15.3 Å². The van der Waals surface area contributed by atoms with Crippen LogP contribution in [-0.4, -0.2) is 0 Å². The summed E-state index contributed by atoms with van der Waals surface area (Å²) in [7, 11) is 0. The Bertz CT molecular complexity index is 714. The number of rotatable bonds is 2. The first-order chi connectivity index (χ1) is 9.13. The monoisotopic (exact) mass is 256 g/mol. The van der Waals surface area contributed by atoms with Gasteiger partial charge in [0.15, 0.2) is 0 Å². The zero-order valence-electron chi connectivity index (χ0n) is 9.52. The molecule has 3 nitrogen and oxygen atoms in total. The van der Waals surface area contributed by atoms with E-state index in [-0.39, 0.29) is 22.6 Å². The third-order valence-corrected chi connectivity index (χ3v) is 2.35. The summed E-state index contributed by atoms with van der Waals surface area (Å²) in [5.41, 5.74) is -0.100. The van der Waals surface area contributed by atoms with Crippen molar-refractivity contribution in [2.75, 3.05) is 0 Å². The van der Waals surface area contributed by atoms with Crippen molar-refractivity contribution in [3.63, 3.8) is 0 Å². The van der Waals surface area contributed by atoms with Gasteiger partial charge in [0.1, 0.15) is 35.3 Å². The Kier molecular flexibility index (Phi) is 3.40. The Labute approximate surface area is 107 Å². The van der Waals surface area contributed by atoms with Crippen molar-refractivity contribution in [2.24, 2.45) is 0 Å². The third kappa shape index (κ3) is 2.67. The highest BCUT2D eigenvalue weighted by Crippen LogP contribution is 2.26. The van der Waals surface area contributed by atoms with Crippen LogP contribution in [0.15, 0.2) is 36.4 Å². The van der Waals surface area contributed by atoms with E-state index < -0.39 is 11.6 Å². The molecule has 0 unspecified atom stereocenters. The van der Waals surface area contributed by atoms with Crippen LogP contribution in [0, 0.1) is 34.3 Å². The third-order valence-electron chi connectivity index (χ3n) is 2.35. The van der Waals surface area contributed by atoms with Gasteiger partial charge in [0, 0.05) is 6.07 Å². The van der Waals surface area contributed by atoms with Crippen LogP contribution in [0.25, 0.3) is 0 Å². The summed E-state index contributed by atoms with van der Waals surface area (Å²) in [6, 6.07) is 10.6. The van der Waals surface area contributed by atoms with Gasteiger partial charge < -0.3 is 4.74 Å². The molecule has 0 amide bonds. The van der Waals surface area contributed by atoms with Crippen molar-refractivity contribution in [3.8, 4) is 23.6 Å². The molecule has 2 aromatic carbocycles. The second kappa shape index (κ2) is 5.16. The molecule has 0 aliphatic rings. The lowest BCUT2D eigenvalue weighted by molar-refractivity contribution is 0.473. The zero-order chi connectivity index (χ0) is 13.8. The van der Waals surface area contributed by atoms with Gasteiger partial charge in [-0.05, 0) is 30.3 Å². The van der Waals surface area contributed by atoms with Crippen molar-refractivity contribution in [2.45, 2.75) is 0 Å². The Morgan fingerprint density at radius 3 is 2.26 bits per heavy atom. The van der Waals surface area contributed by atoms with Gasteiger partial charge in [-0.2, -0.15) is 10.5 Å². The maximum atomic E-state index is 13.4. The Balaban J connectivity index is 2.35. The molecule has 0 radical (unpaired) electrons. The zero-order valence-corrected chi connectivity index (χ0v) is 9.52. The van der Waals surface area contributed by atoms with Crippen LogP contribution in [0.2, 0.25) is 0 Å². The summed E-state index contributed by atoms with van der Waals surface area (Å²) in [5.74, 6) is -1.04. The van der Waals surface area contributed by atoms with Gasteiger partial charge >= 0.3 is 0 Å². The molecule has 0 spiro atoms. The van der Waals surface area contributed by atoms with Crippen LogP contribution in [-0.2, 0) is 0 Å². The van der Waals surface area contributed by atoms with Crippen LogP contribution >= 0.6 is 0 Å². The summed E-state index contributed by atoms with van der Waals surface area (Å²) >= 11 is 0. The predicted octanol–water partition coefficient (Wildman–Crippen LogP) is 3.50. The minimum Gasteiger partial charge on any atom is -0.456 e. The molecular formula is C14H6F2N2O. The standard InChI is InChI=1S/C14H6F2N2O/c15-11-2-4-14(10(5-11)8-18)19-12-3-1-9(7-17)13(16)6-12/h1-6H. The topological polar surface area (TPSA) is 56.8 Å². The van der Waals surface area contributed by atoms with Crippen LogP contribution in [0.1, 0.15) is 11.1 Å². The first-order valence-electron chi connectivity index (χ1n) is 5.21. The highest BCUT2D eigenvalue weighted by Gasteiger charge is 2.08. The van der Waals surface area contributed by atoms with Crippen molar-refractivity contribution >= 4 is 0 Å². The van der Waals surface area contributed by atoms with E-state index in [1.54, 1.807) is 12.1 Å². The number of nitrogens with zero attached hydrogens (tertiary/aromatic N) is 2. The van der Waals surface area contributed by atoms with E-state index in [9.17, 15) is 8.78 Å². The lowest BCUT2D eigenvalue weighted by Crippen LogP contribution is -1.91. The highest BCUT2D eigenvalue weighted by molar-refractivity contribution is 5.46. The molecule has 0 atom stereocenters. The summed E-state index contributed by atoms with van der Waals surface area (Å²) in [6.45, 7) is 0. The van der Waals surface area contributed by atoms with Crippen molar-refractivity contribution < 1.29 is 13.5 Å². The van der Waals surface area contributed by atoms with Crippen LogP contribution in [0.3, 0.4) is 0 Å². The van der Waals surface area contributed by atoms with E-state index in [1.165, 1.54) is 18.2 Å². The van der Waals surface area contributed by atoms with Crippen LogP contribution in [0.5, 0.6) is 11.5 Å². The van der Waals surface area contributed by atoms with Crippen molar-refractivity contribution in [1.29, 1.82) is 10.5 Å². The molecule has 0 bridgehead atoms. The number of nitriles is 2. The smallest absolute Gasteiger partial charge is 0.145 e. The number of halogens is 2. The van der Waals surface area contributed by atoms with Crippen molar-refractivity contribution in [3.05, 3.63) is 59.2 Å². The molecule has 92 valence electrons. The highest BCUT2D eigenvalue weighted by atomic mass is 19.1. The van der Waals surface area contributed by atoms with Crippen LogP contribution < -0.4 is 4.74 Å².